The molecule has 0 saturated carbocycles. The summed E-state index contributed by atoms with van der Waals surface area (Å²) in [7, 11) is 1.16. The van der Waals surface area contributed by atoms with Crippen LogP contribution in [0, 0.1) is 28.6 Å². The maximum atomic E-state index is 14.4. The first-order valence-corrected chi connectivity index (χ1v) is 11.9. The Morgan fingerprint density at radius 1 is 1.14 bits per heavy atom. The second-order valence-electron chi connectivity index (χ2n) is 9.13. The zero-order chi connectivity index (χ0) is 26.8. The number of methoxy groups -OCH3 is 1. The van der Waals surface area contributed by atoms with Crippen molar-refractivity contribution in [1.82, 2.24) is 0 Å². The topological polar surface area (TPSA) is 120 Å². The molecule has 0 bridgehead atoms. The van der Waals surface area contributed by atoms with Gasteiger partial charge in [0.2, 0.25) is 0 Å². The van der Waals surface area contributed by atoms with E-state index in [1.54, 1.807) is 69.5 Å². The van der Waals surface area contributed by atoms with Crippen LogP contribution in [0.4, 0.5) is 10.5 Å². The highest BCUT2D eigenvalue weighted by Crippen LogP contribution is 2.55. The summed E-state index contributed by atoms with van der Waals surface area (Å²) in [5.41, 5.74) is -2.43. The Hall–Kier alpha value is -4.21. The molecule has 0 fully saturated rings. The van der Waals surface area contributed by atoms with Crippen LogP contribution in [-0.2, 0) is 24.5 Å². The molecule has 2 aromatic rings. The van der Waals surface area contributed by atoms with E-state index >= 15 is 0 Å². The van der Waals surface area contributed by atoms with Crippen molar-refractivity contribution in [1.29, 1.82) is 10.5 Å². The molecule has 1 aliphatic rings. The lowest BCUT2D eigenvalue weighted by atomic mass is 9.63. The molecular weight excluding hydrogens is 478 g/mol. The van der Waals surface area contributed by atoms with E-state index in [4.69, 9.17) is 9.47 Å². The van der Waals surface area contributed by atoms with Crippen LogP contribution >= 0.6 is 11.3 Å². The van der Waals surface area contributed by atoms with Crippen LogP contribution in [-0.4, -0.2) is 30.7 Å². The molecule has 0 spiro atoms. The summed E-state index contributed by atoms with van der Waals surface area (Å²) in [6.07, 6.45) is -0.922. The van der Waals surface area contributed by atoms with E-state index in [-0.39, 0.29) is 22.4 Å². The number of hydrogen-bond acceptors (Lipinski definition) is 8. The molecule has 0 N–H and O–H groups in total. The van der Waals surface area contributed by atoms with Crippen molar-refractivity contribution in [2.24, 2.45) is 5.92 Å². The predicted molar refractivity (Wildman–Crippen MR) is 135 cm³/mol. The molecule has 3 rings (SSSR count). The number of carbonyl (C=O) groups excluding carboxylic acids is 3. The van der Waals surface area contributed by atoms with Crippen LogP contribution in [0.5, 0.6) is 0 Å². The van der Waals surface area contributed by atoms with Crippen molar-refractivity contribution in [2.75, 3.05) is 12.0 Å². The van der Waals surface area contributed by atoms with E-state index in [2.05, 4.69) is 6.58 Å². The molecule has 36 heavy (non-hydrogen) atoms. The van der Waals surface area contributed by atoms with Crippen LogP contribution in [0.3, 0.4) is 0 Å². The normalized spacial score (nSPS) is 17.3. The van der Waals surface area contributed by atoms with Gasteiger partial charge in [-0.3, -0.25) is 4.79 Å². The van der Waals surface area contributed by atoms with Gasteiger partial charge in [0.15, 0.2) is 0 Å². The fourth-order valence-corrected chi connectivity index (χ4v) is 5.36. The molecule has 1 unspecified atom stereocenters. The number of para-hydroxylation sites is 1. The molecule has 0 saturated heterocycles. The van der Waals surface area contributed by atoms with Crippen molar-refractivity contribution < 1.29 is 23.9 Å². The fraction of sp³-hybridized carbons (Fsp3) is 0.296. The number of ether oxygens (including phenoxy) is 2. The maximum absolute atomic E-state index is 14.4. The maximum Gasteiger partial charge on any atom is 0.421 e. The molecule has 8 nitrogen and oxygen atoms in total. The second-order valence-corrected chi connectivity index (χ2v) is 10.1. The number of nitriles is 2. The Morgan fingerprint density at radius 2 is 1.78 bits per heavy atom. The third-order valence-electron chi connectivity index (χ3n) is 5.96. The van der Waals surface area contributed by atoms with Crippen molar-refractivity contribution in [3.63, 3.8) is 0 Å². The highest BCUT2D eigenvalue weighted by atomic mass is 32.1. The number of hydrogen-bond donors (Lipinski definition) is 0. The molecule has 1 aromatic heterocycles. The molecule has 1 aromatic carbocycles. The number of carbonyl (C=O) groups is 3. The predicted octanol–water partition coefficient (Wildman–Crippen LogP) is 5.13. The molecular formula is C27H25N3O5S. The van der Waals surface area contributed by atoms with E-state index in [9.17, 15) is 24.9 Å². The Balaban J connectivity index is 2.41. The number of nitrogens with zero attached hydrogens (tertiary/aromatic N) is 3. The first kappa shape index (κ1) is 26.4. The summed E-state index contributed by atoms with van der Waals surface area (Å²) < 4.78 is 10.5. The van der Waals surface area contributed by atoms with E-state index in [0.29, 0.717) is 10.4 Å². The number of esters is 1. The van der Waals surface area contributed by atoms with Gasteiger partial charge in [-0.05, 0) is 43.8 Å². The average Bonchev–Trinajstić information content (AvgIpc) is 3.44. The van der Waals surface area contributed by atoms with Gasteiger partial charge in [-0.15, -0.1) is 11.3 Å². The average molecular weight is 504 g/mol. The second kappa shape index (κ2) is 9.80. The third kappa shape index (κ3) is 4.19. The SMILES string of the molecule is C=C(C(=O)OC)[C@@]1(C(C)C(=C(C#N)C#N)c2cccs2)C(=O)N(C(=O)OC(C)(C)C)c2ccccc21. The van der Waals surface area contributed by atoms with Crippen molar-refractivity contribution in [3.05, 3.63) is 69.9 Å². The van der Waals surface area contributed by atoms with Gasteiger partial charge in [0.1, 0.15) is 28.7 Å². The number of anilines is 1. The third-order valence-corrected chi connectivity index (χ3v) is 6.86. The number of benzene rings is 1. The first-order chi connectivity index (χ1) is 16.9. The Bertz CT molecular complexity index is 1340. The Morgan fingerprint density at radius 3 is 2.31 bits per heavy atom. The zero-order valence-electron chi connectivity index (χ0n) is 20.6. The highest BCUT2D eigenvalue weighted by Gasteiger charge is 2.61. The van der Waals surface area contributed by atoms with E-state index < -0.39 is 34.9 Å². The quantitative estimate of drug-likeness (QED) is 0.315. The minimum atomic E-state index is -1.86. The lowest BCUT2D eigenvalue weighted by Crippen LogP contribution is -2.50. The molecule has 2 amide bonds. The van der Waals surface area contributed by atoms with Gasteiger partial charge in [0.05, 0.1) is 18.4 Å². The number of imide groups is 1. The number of amides is 2. The number of thiophene rings is 1. The molecule has 2 atom stereocenters. The summed E-state index contributed by atoms with van der Waals surface area (Å²) in [6, 6.07) is 13.8. The summed E-state index contributed by atoms with van der Waals surface area (Å²) in [6.45, 7) is 10.6. The van der Waals surface area contributed by atoms with Crippen molar-refractivity contribution >= 4 is 40.6 Å². The van der Waals surface area contributed by atoms with Crippen molar-refractivity contribution in [3.8, 4) is 12.1 Å². The lowest BCUT2D eigenvalue weighted by molar-refractivity contribution is -0.139. The van der Waals surface area contributed by atoms with E-state index in [1.165, 1.54) is 11.3 Å². The van der Waals surface area contributed by atoms with Gasteiger partial charge in [0, 0.05) is 16.4 Å². The van der Waals surface area contributed by atoms with E-state index in [1.807, 2.05) is 12.1 Å². The monoisotopic (exact) mass is 503 g/mol. The molecule has 184 valence electrons. The first-order valence-electron chi connectivity index (χ1n) is 11.0. The summed E-state index contributed by atoms with van der Waals surface area (Å²) in [5.74, 6) is -2.62. The van der Waals surface area contributed by atoms with Gasteiger partial charge < -0.3 is 9.47 Å². The minimum Gasteiger partial charge on any atom is -0.466 e. The summed E-state index contributed by atoms with van der Waals surface area (Å²) in [4.78, 5) is 42.0. The Labute approximate surface area is 213 Å². The van der Waals surface area contributed by atoms with Crippen LogP contribution < -0.4 is 4.90 Å². The van der Waals surface area contributed by atoms with Gasteiger partial charge in [-0.1, -0.05) is 37.8 Å². The fourth-order valence-electron chi connectivity index (χ4n) is 4.49. The number of allylic oxidation sites excluding steroid dienone is 2. The number of fused-ring (bicyclic) bond motifs is 1. The molecule has 0 radical (unpaired) electrons. The standard InChI is InChI=1S/C27H25N3O5S/c1-16(22(18(14-28)15-29)21-12-9-13-36-21)27(17(2)23(31)34-6)19-10-7-8-11-20(19)30(24(27)32)25(33)35-26(3,4)5/h7-13,16H,2H2,1,3-6H3/t16?,27-/m1/s1. The molecule has 9 heteroatoms. The summed E-state index contributed by atoms with van der Waals surface area (Å²) in [5, 5.41) is 21.3. The zero-order valence-corrected chi connectivity index (χ0v) is 21.4. The molecule has 1 aliphatic heterocycles. The van der Waals surface area contributed by atoms with Crippen LogP contribution in [0.15, 0.2) is 59.5 Å². The summed E-state index contributed by atoms with van der Waals surface area (Å²) >= 11 is 1.28. The smallest absolute Gasteiger partial charge is 0.421 e. The van der Waals surface area contributed by atoms with E-state index in [0.717, 1.165) is 12.0 Å². The number of rotatable bonds is 5. The molecule has 0 aliphatic carbocycles. The van der Waals surface area contributed by atoms with Crippen molar-refractivity contribution in [2.45, 2.75) is 38.7 Å². The minimum absolute atomic E-state index is 0.217. The largest absolute Gasteiger partial charge is 0.466 e. The van der Waals surface area contributed by atoms with Gasteiger partial charge in [0.25, 0.3) is 5.91 Å². The Kier molecular flexibility index (Phi) is 7.19. The van der Waals surface area contributed by atoms with Gasteiger partial charge >= 0.3 is 12.1 Å². The van der Waals surface area contributed by atoms with Crippen LogP contribution in [0.1, 0.15) is 38.1 Å². The van der Waals surface area contributed by atoms with Crippen LogP contribution in [0.2, 0.25) is 0 Å². The van der Waals surface area contributed by atoms with Crippen LogP contribution in [0.25, 0.3) is 5.57 Å². The molecule has 2 heterocycles. The lowest BCUT2D eigenvalue weighted by Gasteiger charge is -2.36. The van der Waals surface area contributed by atoms with Gasteiger partial charge in [-0.2, -0.15) is 10.5 Å². The van der Waals surface area contributed by atoms with Gasteiger partial charge in [-0.25, -0.2) is 14.5 Å². The highest BCUT2D eigenvalue weighted by molar-refractivity contribution is 7.11.